The zero-order valence-electron chi connectivity index (χ0n) is 12.4. The topological polar surface area (TPSA) is 55.2 Å². The minimum absolute atomic E-state index is 0.00626. The van der Waals surface area contributed by atoms with Crippen LogP contribution in [0.3, 0.4) is 0 Å². The van der Waals surface area contributed by atoms with Crippen molar-refractivity contribution >= 4 is 11.4 Å². The van der Waals surface area contributed by atoms with Gasteiger partial charge in [-0.1, -0.05) is 27.7 Å². The molecule has 0 aliphatic carbocycles. The fraction of sp³-hybridized carbons (Fsp3) is 0.571. The van der Waals surface area contributed by atoms with Crippen LogP contribution in [-0.4, -0.2) is 11.5 Å². The summed E-state index contributed by atoms with van der Waals surface area (Å²) in [6.45, 7) is 8.50. The van der Waals surface area contributed by atoms with Crippen LogP contribution < -0.4 is 5.32 Å². The van der Waals surface area contributed by atoms with E-state index in [1.54, 1.807) is 0 Å². The molecule has 1 aromatic carbocycles. The van der Waals surface area contributed by atoms with Gasteiger partial charge < -0.3 is 5.32 Å². The summed E-state index contributed by atoms with van der Waals surface area (Å²) < 4.78 is 37.8. The predicted octanol–water partition coefficient (Wildman–Crippen LogP) is 4.71. The van der Waals surface area contributed by atoms with Crippen LogP contribution in [-0.2, 0) is 6.18 Å². The van der Waals surface area contributed by atoms with Gasteiger partial charge >= 0.3 is 6.18 Å². The minimum Gasteiger partial charge on any atom is -0.379 e. The molecule has 21 heavy (non-hydrogen) atoms. The zero-order chi connectivity index (χ0) is 16.4. The summed E-state index contributed by atoms with van der Waals surface area (Å²) in [5, 5.41) is 13.8. The lowest BCUT2D eigenvalue weighted by atomic mass is 9.82. The molecule has 0 spiro atoms. The Morgan fingerprint density at radius 1 is 1.29 bits per heavy atom. The van der Waals surface area contributed by atoms with E-state index in [1.165, 1.54) is 0 Å². The van der Waals surface area contributed by atoms with Crippen LogP contribution in [0.15, 0.2) is 18.2 Å². The van der Waals surface area contributed by atoms with Gasteiger partial charge in [-0.2, -0.15) is 13.2 Å². The first-order valence-corrected chi connectivity index (χ1v) is 6.52. The molecule has 0 saturated carbocycles. The third kappa shape index (κ3) is 4.61. The van der Waals surface area contributed by atoms with Crippen molar-refractivity contribution in [1.82, 2.24) is 0 Å². The Morgan fingerprint density at radius 2 is 1.86 bits per heavy atom. The van der Waals surface area contributed by atoms with Gasteiger partial charge in [0.25, 0.3) is 5.69 Å². The van der Waals surface area contributed by atoms with Gasteiger partial charge in [-0.3, -0.25) is 10.1 Å². The maximum Gasteiger partial charge on any atom is 0.416 e. The van der Waals surface area contributed by atoms with E-state index in [4.69, 9.17) is 0 Å². The van der Waals surface area contributed by atoms with Crippen molar-refractivity contribution in [3.8, 4) is 0 Å². The molecule has 1 unspecified atom stereocenters. The monoisotopic (exact) mass is 304 g/mol. The molecule has 1 aromatic rings. The average Bonchev–Trinajstić information content (AvgIpc) is 2.33. The molecule has 0 fully saturated rings. The van der Waals surface area contributed by atoms with Crippen molar-refractivity contribution in [1.29, 1.82) is 0 Å². The highest BCUT2D eigenvalue weighted by Crippen LogP contribution is 2.35. The number of halogens is 3. The molecule has 1 N–H and O–H groups in total. The minimum atomic E-state index is -4.60. The standard InChI is InChI=1S/C14H19F3N2O2/c1-9(13(2,3)4)8-18-11-6-5-10(14(15,16)17)7-12(11)19(20)21/h5-7,9,18H,8H2,1-4H3. The van der Waals surface area contributed by atoms with Gasteiger partial charge in [0.2, 0.25) is 0 Å². The first-order chi connectivity index (χ1) is 9.43. The highest BCUT2D eigenvalue weighted by molar-refractivity contribution is 5.63. The fourth-order valence-corrected chi connectivity index (χ4v) is 1.58. The van der Waals surface area contributed by atoms with Crippen LogP contribution in [0.4, 0.5) is 24.5 Å². The number of nitrogens with zero attached hydrogens (tertiary/aromatic N) is 1. The number of benzene rings is 1. The highest BCUT2D eigenvalue weighted by atomic mass is 19.4. The quantitative estimate of drug-likeness (QED) is 0.647. The third-order valence-electron chi connectivity index (χ3n) is 3.60. The second-order valence-corrected chi connectivity index (χ2v) is 6.13. The molecule has 1 rings (SSSR count). The zero-order valence-corrected chi connectivity index (χ0v) is 12.4. The van der Waals surface area contributed by atoms with Crippen LogP contribution in [0.1, 0.15) is 33.3 Å². The van der Waals surface area contributed by atoms with Gasteiger partial charge in [-0.05, 0) is 23.5 Å². The molecule has 0 heterocycles. The molecule has 4 nitrogen and oxygen atoms in total. The number of hydrogen-bond donors (Lipinski definition) is 1. The Morgan fingerprint density at radius 3 is 2.29 bits per heavy atom. The number of nitro groups is 1. The van der Waals surface area contributed by atoms with E-state index in [2.05, 4.69) is 5.32 Å². The second kappa shape index (κ2) is 5.91. The normalized spacial score (nSPS) is 13.9. The number of rotatable bonds is 4. The van der Waals surface area contributed by atoms with Crippen LogP contribution in [0, 0.1) is 21.4 Å². The number of hydrogen-bond acceptors (Lipinski definition) is 3. The van der Waals surface area contributed by atoms with Crippen LogP contribution in [0.2, 0.25) is 0 Å². The Labute approximate surface area is 121 Å². The van der Waals surface area contributed by atoms with Crippen LogP contribution >= 0.6 is 0 Å². The molecular weight excluding hydrogens is 285 g/mol. The van der Waals surface area contributed by atoms with E-state index >= 15 is 0 Å². The van der Waals surface area contributed by atoms with Gasteiger partial charge in [0, 0.05) is 12.6 Å². The fourth-order valence-electron chi connectivity index (χ4n) is 1.58. The summed E-state index contributed by atoms with van der Waals surface area (Å²) in [4.78, 5) is 10.1. The average molecular weight is 304 g/mol. The third-order valence-corrected chi connectivity index (χ3v) is 3.60. The summed E-state index contributed by atoms with van der Waals surface area (Å²) in [5.41, 5.74) is -1.49. The van der Waals surface area contributed by atoms with Gasteiger partial charge in [-0.15, -0.1) is 0 Å². The van der Waals surface area contributed by atoms with E-state index in [0.717, 1.165) is 12.1 Å². The Balaban J connectivity index is 3.01. The molecule has 0 aliphatic heterocycles. The second-order valence-electron chi connectivity index (χ2n) is 6.13. The number of nitro benzene ring substituents is 1. The maximum absolute atomic E-state index is 12.6. The number of nitrogens with one attached hydrogen (secondary N) is 1. The lowest BCUT2D eigenvalue weighted by Gasteiger charge is -2.27. The molecule has 7 heteroatoms. The summed E-state index contributed by atoms with van der Waals surface area (Å²) in [6.07, 6.45) is -4.60. The van der Waals surface area contributed by atoms with Gasteiger partial charge in [0.15, 0.2) is 0 Å². The van der Waals surface area contributed by atoms with Crippen molar-refractivity contribution < 1.29 is 18.1 Å². The lowest BCUT2D eigenvalue weighted by Crippen LogP contribution is -2.25. The van der Waals surface area contributed by atoms with Crippen molar-refractivity contribution in [3.63, 3.8) is 0 Å². The van der Waals surface area contributed by atoms with Gasteiger partial charge in [0.1, 0.15) is 5.69 Å². The van der Waals surface area contributed by atoms with Gasteiger partial charge in [-0.25, -0.2) is 0 Å². The lowest BCUT2D eigenvalue weighted by molar-refractivity contribution is -0.384. The molecule has 0 aromatic heterocycles. The van der Waals surface area contributed by atoms with Gasteiger partial charge in [0.05, 0.1) is 10.5 Å². The van der Waals surface area contributed by atoms with Crippen molar-refractivity contribution in [2.45, 2.75) is 33.9 Å². The molecule has 118 valence electrons. The van der Waals surface area contributed by atoms with E-state index in [0.29, 0.717) is 12.6 Å². The molecule has 0 aliphatic rings. The predicted molar refractivity (Wildman–Crippen MR) is 75.2 cm³/mol. The van der Waals surface area contributed by atoms with Crippen molar-refractivity contribution in [3.05, 3.63) is 33.9 Å². The summed E-state index contributed by atoms with van der Waals surface area (Å²) in [5.74, 6) is 0.194. The Bertz CT molecular complexity index is 522. The maximum atomic E-state index is 12.6. The molecule has 0 radical (unpaired) electrons. The molecule has 0 bridgehead atoms. The van der Waals surface area contributed by atoms with E-state index < -0.39 is 22.4 Å². The molecular formula is C14H19F3N2O2. The molecule has 0 saturated heterocycles. The van der Waals surface area contributed by atoms with Crippen LogP contribution in [0.5, 0.6) is 0 Å². The summed E-state index contributed by atoms with van der Waals surface area (Å²) in [6, 6.07) is 2.51. The van der Waals surface area contributed by atoms with Crippen molar-refractivity contribution in [2.24, 2.45) is 11.3 Å². The largest absolute Gasteiger partial charge is 0.416 e. The molecule has 0 amide bonds. The summed E-state index contributed by atoms with van der Waals surface area (Å²) >= 11 is 0. The first kappa shape index (κ1) is 17.3. The highest BCUT2D eigenvalue weighted by Gasteiger charge is 2.33. The summed E-state index contributed by atoms with van der Waals surface area (Å²) in [7, 11) is 0. The number of alkyl halides is 3. The Kier molecular flexibility index (Phi) is 4.86. The van der Waals surface area contributed by atoms with Crippen molar-refractivity contribution in [2.75, 3.05) is 11.9 Å². The Hall–Kier alpha value is -1.79. The van der Waals surface area contributed by atoms with E-state index in [-0.39, 0.29) is 17.0 Å². The smallest absolute Gasteiger partial charge is 0.379 e. The number of anilines is 1. The van der Waals surface area contributed by atoms with E-state index in [1.807, 2.05) is 27.7 Å². The van der Waals surface area contributed by atoms with E-state index in [9.17, 15) is 23.3 Å². The SMILES string of the molecule is CC(CNc1ccc(C(F)(F)F)cc1[N+](=O)[O-])C(C)(C)C. The van der Waals surface area contributed by atoms with Crippen LogP contribution in [0.25, 0.3) is 0 Å². The molecule has 1 atom stereocenters. The first-order valence-electron chi connectivity index (χ1n) is 6.52.